The number of rotatable bonds is 15. The lowest BCUT2D eigenvalue weighted by Gasteiger charge is -2.01. The molecule has 1 unspecified atom stereocenters. The van der Waals surface area contributed by atoms with E-state index in [-0.39, 0.29) is 0 Å². The summed E-state index contributed by atoms with van der Waals surface area (Å²) in [5, 5.41) is 9.01. The second kappa shape index (κ2) is 16.4. The van der Waals surface area contributed by atoms with Gasteiger partial charge in [-0.3, -0.25) is 4.79 Å². The molecule has 1 atom stereocenters. The number of hydrogen-bond donors (Lipinski definition) is 1. The Kier molecular flexibility index (Phi) is 15.9. The molecule has 0 amide bonds. The summed E-state index contributed by atoms with van der Waals surface area (Å²) in [6.45, 7) is 2.26. The van der Waals surface area contributed by atoms with Gasteiger partial charge in [-0.1, -0.05) is 70.4 Å². The molecule has 2 heteroatoms. The highest BCUT2D eigenvalue weighted by Crippen LogP contribution is 2.09. The van der Waals surface area contributed by atoms with Crippen LogP contribution in [0.2, 0.25) is 0 Å². The molecule has 0 fully saturated rings. The van der Waals surface area contributed by atoms with Crippen LogP contribution >= 0.6 is 0 Å². The zero-order valence-electron chi connectivity index (χ0n) is 13.3. The van der Waals surface area contributed by atoms with Gasteiger partial charge in [0.05, 0.1) is 0 Å². The van der Waals surface area contributed by atoms with E-state index in [4.69, 9.17) is 5.11 Å². The summed E-state index contributed by atoms with van der Waals surface area (Å²) < 4.78 is 0. The highest BCUT2D eigenvalue weighted by Gasteiger charge is 2.00. The topological polar surface area (TPSA) is 37.3 Å². The fourth-order valence-electron chi connectivity index (χ4n) is 2.29. The summed E-state index contributed by atoms with van der Waals surface area (Å²) in [4.78, 5) is 10.1. The Hall–Kier alpha value is -0.630. The van der Waals surface area contributed by atoms with Crippen molar-refractivity contribution >= 4 is 6.29 Å². The minimum atomic E-state index is -0.868. The number of aliphatic hydroxyl groups excluding tert-OH is 1. The predicted octanol–water partition coefficient (Wildman–Crippen LogP) is 5.10. The summed E-state index contributed by atoms with van der Waals surface area (Å²) in [6.07, 6.45) is 21.0. The van der Waals surface area contributed by atoms with Crippen LogP contribution in [0.1, 0.15) is 90.4 Å². The molecule has 0 spiro atoms. The van der Waals surface area contributed by atoms with Crippen LogP contribution in [-0.4, -0.2) is 17.5 Å². The van der Waals surface area contributed by atoms with Crippen LogP contribution in [0.15, 0.2) is 12.2 Å². The molecule has 0 rings (SSSR count). The van der Waals surface area contributed by atoms with E-state index < -0.39 is 6.10 Å². The Labute approximate surface area is 125 Å². The first-order valence-corrected chi connectivity index (χ1v) is 8.52. The molecule has 1 N–H and O–H groups in total. The first kappa shape index (κ1) is 19.4. The van der Waals surface area contributed by atoms with E-state index in [2.05, 4.69) is 19.1 Å². The number of carbonyl (C=O) groups excluding carboxylic acids is 1. The zero-order chi connectivity index (χ0) is 14.9. The van der Waals surface area contributed by atoms with Crippen LogP contribution in [-0.2, 0) is 4.79 Å². The summed E-state index contributed by atoms with van der Waals surface area (Å²) in [7, 11) is 0. The van der Waals surface area contributed by atoms with Crippen molar-refractivity contribution in [3.63, 3.8) is 0 Å². The van der Waals surface area contributed by atoms with Crippen molar-refractivity contribution in [2.24, 2.45) is 0 Å². The lowest BCUT2D eigenvalue weighted by Crippen LogP contribution is -2.06. The van der Waals surface area contributed by atoms with Crippen LogP contribution in [0, 0.1) is 0 Å². The van der Waals surface area contributed by atoms with Crippen molar-refractivity contribution < 1.29 is 9.90 Å². The Morgan fingerprint density at radius 2 is 1.35 bits per heavy atom. The quantitative estimate of drug-likeness (QED) is 0.335. The second-order valence-corrected chi connectivity index (χ2v) is 5.65. The van der Waals surface area contributed by atoms with Gasteiger partial charge in [-0.25, -0.2) is 0 Å². The van der Waals surface area contributed by atoms with Crippen molar-refractivity contribution in [3.8, 4) is 0 Å². The minimum Gasteiger partial charge on any atom is -0.385 e. The Morgan fingerprint density at radius 1 is 0.850 bits per heavy atom. The number of unbranched alkanes of at least 4 members (excludes halogenated alkanes) is 10. The molecule has 117 valence electrons. The predicted molar refractivity (Wildman–Crippen MR) is 86.5 cm³/mol. The second-order valence-electron chi connectivity index (χ2n) is 5.65. The molecule has 20 heavy (non-hydrogen) atoms. The maximum Gasteiger partial charge on any atom is 0.229 e. The lowest BCUT2D eigenvalue weighted by molar-refractivity contribution is 0.219. The molecule has 0 aliphatic rings. The smallest absolute Gasteiger partial charge is 0.229 e. The van der Waals surface area contributed by atoms with E-state index in [1.807, 2.05) is 0 Å². The van der Waals surface area contributed by atoms with E-state index in [9.17, 15) is 4.79 Å². The zero-order valence-corrected chi connectivity index (χ0v) is 13.3. The molecular weight excluding hydrogens is 248 g/mol. The third-order valence-corrected chi connectivity index (χ3v) is 3.63. The van der Waals surface area contributed by atoms with E-state index >= 15 is 0 Å². The molecule has 0 aliphatic carbocycles. The fourth-order valence-corrected chi connectivity index (χ4v) is 2.29. The largest absolute Gasteiger partial charge is 0.385 e. The highest BCUT2D eigenvalue weighted by molar-refractivity contribution is 5.56. The highest BCUT2D eigenvalue weighted by atomic mass is 16.3. The van der Waals surface area contributed by atoms with E-state index in [1.165, 1.54) is 57.8 Å². The average Bonchev–Trinajstić information content (AvgIpc) is 2.47. The van der Waals surface area contributed by atoms with Gasteiger partial charge in [0.25, 0.3) is 0 Å². The lowest BCUT2D eigenvalue weighted by atomic mass is 10.1. The molecule has 0 aromatic carbocycles. The van der Waals surface area contributed by atoms with E-state index in [1.54, 1.807) is 6.29 Å². The van der Waals surface area contributed by atoms with Gasteiger partial charge in [0.15, 0.2) is 0 Å². The van der Waals surface area contributed by atoms with Gasteiger partial charge in [0.1, 0.15) is 6.10 Å². The molecule has 2 nitrogen and oxygen atoms in total. The molecule has 0 aromatic rings. The van der Waals surface area contributed by atoms with Crippen molar-refractivity contribution in [1.29, 1.82) is 0 Å². The molecule has 0 bridgehead atoms. The molecule has 0 saturated heterocycles. The van der Waals surface area contributed by atoms with Gasteiger partial charge < -0.3 is 5.11 Å². The van der Waals surface area contributed by atoms with E-state index in [0.717, 1.165) is 19.3 Å². The van der Waals surface area contributed by atoms with Crippen molar-refractivity contribution in [1.82, 2.24) is 0 Å². The van der Waals surface area contributed by atoms with Crippen LogP contribution in [0.25, 0.3) is 0 Å². The first-order chi connectivity index (χ1) is 9.81. The monoisotopic (exact) mass is 281 g/mol. The van der Waals surface area contributed by atoms with Gasteiger partial charge >= 0.3 is 0 Å². The Morgan fingerprint density at radius 3 is 1.90 bits per heavy atom. The van der Waals surface area contributed by atoms with Crippen LogP contribution < -0.4 is 0 Å². The fraction of sp³-hybridized carbons (Fsp3) is 0.833. The van der Waals surface area contributed by atoms with Gasteiger partial charge in [-0.2, -0.15) is 0 Å². The van der Waals surface area contributed by atoms with Crippen molar-refractivity contribution in [3.05, 3.63) is 12.2 Å². The maximum atomic E-state index is 10.1. The normalized spacial score (nSPS) is 12.9. The molecule has 0 heterocycles. The van der Waals surface area contributed by atoms with Crippen LogP contribution in [0.3, 0.4) is 0 Å². The van der Waals surface area contributed by atoms with E-state index in [0.29, 0.717) is 6.42 Å². The average molecular weight is 281 g/mol. The van der Waals surface area contributed by atoms with Gasteiger partial charge in [0, 0.05) is 0 Å². The summed E-state index contributed by atoms with van der Waals surface area (Å²) >= 11 is 0. The third-order valence-electron chi connectivity index (χ3n) is 3.63. The number of allylic oxidation sites excluding steroid dienone is 2. The summed E-state index contributed by atoms with van der Waals surface area (Å²) in [5.41, 5.74) is 0. The van der Waals surface area contributed by atoms with Crippen molar-refractivity contribution in [2.45, 2.75) is 96.5 Å². The summed E-state index contributed by atoms with van der Waals surface area (Å²) in [6, 6.07) is 0. The Balaban J connectivity index is 3.10. The molecular formula is C18H33O2. The molecule has 0 aromatic heterocycles. The number of aliphatic hydroxyl groups is 1. The Bertz CT molecular complexity index is 223. The SMILES string of the molecule is CCCCCCCC/C=C\CCCCCCC(O)[C]=O. The molecule has 1 radical (unpaired) electrons. The van der Waals surface area contributed by atoms with Gasteiger partial charge in [-0.15, -0.1) is 0 Å². The van der Waals surface area contributed by atoms with Gasteiger partial charge in [0.2, 0.25) is 6.29 Å². The third kappa shape index (κ3) is 15.4. The van der Waals surface area contributed by atoms with Crippen molar-refractivity contribution in [2.75, 3.05) is 0 Å². The molecule has 0 saturated carbocycles. The van der Waals surface area contributed by atoms with Gasteiger partial charge in [-0.05, 0) is 32.1 Å². The first-order valence-electron chi connectivity index (χ1n) is 8.52. The molecule has 0 aliphatic heterocycles. The summed E-state index contributed by atoms with van der Waals surface area (Å²) in [5.74, 6) is 0. The minimum absolute atomic E-state index is 0.567. The van der Waals surface area contributed by atoms with Crippen LogP contribution in [0.5, 0.6) is 0 Å². The number of hydrogen-bond acceptors (Lipinski definition) is 2. The maximum absolute atomic E-state index is 10.1. The standard InChI is InChI=1S/C18H33O2/c1-2-3-4-5-6-7-8-9-10-11-12-13-14-15-16-18(20)17-19/h9-10,18,20H,2-8,11-16H2,1H3/b10-9-. The van der Waals surface area contributed by atoms with Crippen LogP contribution in [0.4, 0.5) is 0 Å².